The second-order valence-electron chi connectivity index (χ2n) is 6.83. The van der Waals surface area contributed by atoms with Crippen molar-refractivity contribution in [3.05, 3.63) is 95.6 Å². The number of halogens is 3. The molecule has 0 aromatic heterocycles. The van der Waals surface area contributed by atoms with Gasteiger partial charge in [0.2, 0.25) is 0 Å². The van der Waals surface area contributed by atoms with Crippen molar-refractivity contribution in [2.75, 3.05) is 5.48 Å². The van der Waals surface area contributed by atoms with E-state index in [1.54, 1.807) is 24.3 Å². The van der Waals surface area contributed by atoms with Gasteiger partial charge in [0.25, 0.3) is 0 Å². The summed E-state index contributed by atoms with van der Waals surface area (Å²) in [7, 11) is 0. The number of anilines is 1. The van der Waals surface area contributed by atoms with Crippen molar-refractivity contribution < 1.29 is 27.5 Å². The number of ether oxygens (including phenoxy) is 1. The van der Waals surface area contributed by atoms with Gasteiger partial charge in [-0.2, -0.15) is 13.2 Å². The normalized spacial score (nSPS) is 12.1. The molecule has 3 rings (SSSR count). The van der Waals surface area contributed by atoms with Crippen molar-refractivity contribution >= 4 is 11.7 Å². The maximum absolute atomic E-state index is 12.6. The lowest BCUT2D eigenvalue weighted by Crippen LogP contribution is -2.35. The quantitative estimate of drug-likeness (QED) is 0.506. The van der Waals surface area contributed by atoms with Gasteiger partial charge in [-0.25, -0.2) is 10.3 Å². The first-order valence-electron chi connectivity index (χ1n) is 9.46. The molecule has 0 amide bonds. The molecule has 3 N–H and O–H groups in total. The summed E-state index contributed by atoms with van der Waals surface area (Å²) < 4.78 is 43.4. The molecular formula is C23H21F3N2O3. The summed E-state index contributed by atoms with van der Waals surface area (Å²) in [6.45, 7) is 0.446. The molecule has 0 radical (unpaired) electrons. The van der Waals surface area contributed by atoms with Crippen molar-refractivity contribution in [2.24, 2.45) is 5.73 Å². The van der Waals surface area contributed by atoms with Crippen LogP contribution in [0.25, 0.3) is 0 Å². The van der Waals surface area contributed by atoms with E-state index in [-0.39, 0.29) is 12.1 Å². The SMILES string of the molecule is N[C@@H](Cc1ccc(OCc2ccccc2)cc1)C(=O)ONc1ccc(C(F)(F)F)cc1. The Morgan fingerprint density at radius 1 is 0.903 bits per heavy atom. The molecule has 0 aliphatic heterocycles. The predicted molar refractivity (Wildman–Crippen MR) is 110 cm³/mol. The molecule has 0 saturated heterocycles. The van der Waals surface area contributed by atoms with Gasteiger partial charge in [-0.3, -0.25) is 0 Å². The van der Waals surface area contributed by atoms with Gasteiger partial charge in [0, 0.05) is 0 Å². The highest BCUT2D eigenvalue weighted by Gasteiger charge is 2.30. The zero-order valence-electron chi connectivity index (χ0n) is 16.4. The molecule has 3 aromatic carbocycles. The van der Waals surface area contributed by atoms with Crippen molar-refractivity contribution in [2.45, 2.75) is 25.2 Å². The smallest absolute Gasteiger partial charge is 0.416 e. The Morgan fingerprint density at radius 3 is 2.16 bits per heavy atom. The molecule has 5 nitrogen and oxygen atoms in total. The third-order valence-electron chi connectivity index (χ3n) is 4.41. The Hall–Kier alpha value is -3.52. The van der Waals surface area contributed by atoms with Gasteiger partial charge in [-0.1, -0.05) is 42.5 Å². The summed E-state index contributed by atoms with van der Waals surface area (Å²) in [6.07, 6.45) is -4.20. The van der Waals surface area contributed by atoms with E-state index >= 15 is 0 Å². The summed E-state index contributed by atoms with van der Waals surface area (Å²) in [4.78, 5) is 16.9. The number of hydrogen-bond donors (Lipinski definition) is 2. The van der Waals surface area contributed by atoms with Crippen molar-refractivity contribution in [3.63, 3.8) is 0 Å². The van der Waals surface area contributed by atoms with Crippen LogP contribution in [-0.4, -0.2) is 12.0 Å². The van der Waals surface area contributed by atoms with Crippen LogP contribution in [0.1, 0.15) is 16.7 Å². The van der Waals surface area contributed by atoms with E-state index in [1.807, 2.05) is 30.3 Å². The molecule has 0 spiro atoms. The van der Waals surface area contributed by atoms with Gasteiger partial charge in [-0.15, -0.1) is 0 Å². The van der Waals surface area contributed by atoms with E-state index in [0.717, 1.165) is 35.4 Å². The second kappa shape index (κ2) is 9.99. The van der Waals surface area contributed by atoms with Gasteiger partial charge >= 0.3 is 12.1 Å². The standard InChI is InChI=1S/C23H21F3N2O3/c24-23(25,26)18-8-10-19(11-9-18)28-31-22(29)21(27)14-16-6-12-20(13-7-16)30-15-17-4-2-1-3-5-17/h1-13,21,28H,14-15,27H2/t21-/m0/s1. The maximum Gasteiger partial charge on any atom is 0.416 e. The van der Waals surface area contributed by atoms with E-state index < -0.39 is 23.8 Å². The first-order valence-corrected chi connectivity index (χ1v) is 9.46. The van der Waals surface area contributed by atoms with Crippen LogP contribution in [0, 0.1) is 0 Å². The number of rotatable bonds is 8. The van der Waals surface area contributed by atoms with Crippen molar-refractivity contribution in [1.82, 2.24) is 0 Å². The van der Waals surface area contributed by atoms with Gasteiger partial charge < -0.3 is 15.3 Å². The number of carbonyl (C=O) groups is 1. The zero-order chi connectivity index (χ0) is 22.3. The zero-order valence-corrected chi connectivity index (χ0v) is 16.4. The van der Waals surface area contributed by atoms with Crippen LogP contribution in [-0.2, 0) is 28.8 Å². The minimum Gasteiger partial charge on any atom is -0.489 e. The molecule has 0 aliphatic carbocycles. The second-order valence-corrected chi connectivity index (χ2v) is 6.83. The average molecular weight is 430 g/mol. The summed E-state index contributed by atoms with van der Waals surface area (Å²) in [5.74, 6) is -0.0444. The minimum atomic E-state index is -4.43. The maximum atomic E-state index is 12.6. The largest absolute Gasteiger partial charge is 0.489 e. The highest BCUT2D eigenvalue weighted by Crippen LogP contribution is 2.29. The van der Waals surface area contributed by atoms with E-state index in [0.29, 0.717) is 12.4 Å². The molecule has 0 aliphatic rings. The predicted octanol–water partition coefficient (Wildman–Crippen LogP) is 4.72. The number of alkyl halides is 3. The van der Waals surface area contributed by atoms with Crippen molar-refractivity contribution in [1.29, 1.82) is 0 Å². The van der Waals surface area contributed by atoms with Crippen LogP contribution in [0.4, 0.5) is 18.9 Å². The van der Waals surface area contributed by atoms with Gasteiger partial charge in [0.1, 0.15) is 18.4 Å². The number of nitrogens with two attached hydrogens (primary N) is 1. The Bertz CT molecular complexity index is 976. The lowest BCUT2D eigenvalue weighted by atomic mass is 10.1. The third-order valence-corrected chi connectivity index (χ3v) is 4.41. The Labute approximate surface area is 177 Å². The molecule has 3 aromatic rings. The first kappa shape index (κ1) is 22.2. The summed E-state index contributed by atoms with van der Waals surface area (Å²) >= 11 is 0. The Morgan fingerprint density at radius 2 is 1.55 bits per heavy atom. The van der Waals surface area contributed by atoms with Crippen LogP contribution < -0.4 is 16.0 Å². The van der Waals surface area contributed by atoms with Gasteiger partial charge in [0.05, 0.1) is 11.3 Å². The number of carbonyl (C=O) groups excluding carboxylic acids is 1. The highest BCUT2D eigenvalue weighted by atomic mass is 19.4. The summed E-state index contributed by atoms with van der Waals surface area (Å²) in [6, 6.07) is 20.1. The highest BCUT2D eigenvalue weighted by molar-refractivity contribution is 5.76. The topological polar surface area (TPSA) is 73.6 Å². The van der Waals surface area contributed by atoms with Gasteiger partial charge in [-0.05, 0) is 53.9 Å². The molecule has 8 heteroatoms. The molecular weight excluding hydrogens is 409 g/mol. The van der Waals surface area contributed by atoms with Crippen LogP contribution >= 0.6 is 0 Å². The molecule has 0 fully saturated rings. The molecule has 0 bridgehead atoms. The fourth-order valence-corrected chi connectivity index (χ4v) is 2.71. The van der Waals surface area contributed by atoms with E-state index in [9.17, 15) is 18.0 Å². The number of benzene rings is 3. The molecule has 162 valence electrons. The molecule has 0 heterocycles. The van der Waals surface area contributed by atoms with Crippen LogP contribution in [0.3, 0.4) is 0 Å². The van der Waals surface area contributed by atoms with Crippen molar-refractivity contribution in [3.8, 4) is 5.75 Å². The van der Waals surface area contributed by atoms with Crippen LogP contribution in [0.15, 0.2) is 78.9 Å². The monoisotopic (exact) mass is 430 g/mol. The summed E-state index contributed by atoms with van der Waals surface area (Å²) in [5.41, 5.74) is 9.46. The Balaban J connectivity index is 1.45. The van der Waals surface area contributed by atoms with Gasteiger partial charge in [0.15, 0.2) is 0 Å². The van der Waals surface area contributed by atoms with Crippen LogP contribution in [0.2, 0.25) is 0 Å². The van der Waals surface area contributed by atoms with Crippen LogP contribution in [0.5, 0.6) is 5.75 Å². The third kappa shape index (κ3) is 6.75. The lowest BCUT2D eigenvalue weighted by Gasteiger charge is -2.13. The molecule has 1 atom stereocenters. The average Bonchev–Trinajstić information content (AvgIpc) is 2.77. The Kier molecular flexibility index (Phi) is 7.15. The molecule has 31 heavy (non-hydrogen) atoms. The van der Waals surface area contributed by atoms with E-state index in [2.05, 4.69) is 5.48 Å². The van der Waals surface area contributed by atoms with E-state index in [1.165, 1.54) is 0 Å². The number of hydrogen-bond acceptors (Lipinski definition) is 5. The fourth-order valence-electron chi connectivity index (χ4n) is 2.71. The minimum absolute atomic E-state index is 0.202. The fraction of sp³-hybridized carbons (Fsp3) is 0.174. The molecule has 0 unspecified atom stereocenters. The van der Waals surface area contributed by atoms with E-state index in [4.69, 9.17) is 15.3 Å². The first-order chi connectivity index (χ1) is 14.8. The summed E-state index contributed by atoms with van der Waals surface area (Å²) in [5, 5.41) is 0. The molecule has 0 saturated carbocycles. The number of nitrogens with one attached hydrogen (secondary N) is 1. The lowest BCUT2D eigenvalue weighted by molar-refractivity contribution is -0.142.